The lowest BCUT2D eigenvalue weighted by Gasteiger charge is -2.25. The predicted octanol–water partition coefficient (Wildman–Crippen LogP) is -1.46. The summed E-state index contributed by atoms with van der Waals surface area (Å²) in [4.78, 5) is 11.5. The fourth-order valence-corrected chi connectivity index (χ4v) is 1.45. The molecule has 0 saturated carbocycles. The zero-order valence-corrected chi connectivity index (χ0v) is 10.1. The number of unbranched alkanes of at least 4 members (excludes halogenated alkanes) is 2. The van der Waals surface area contributed by atoms with Crippen molar-refractivity contribution in [3.05, 3.63) is 0 Å². The van der Waals surface area contributed by atoms with Crippen LogP contribution in [-0.4, -0.2) is 57.2 Å². The maximum Gasteiger partial charge on any atom is 0.152 e. The zero-order valence-electron chi connectivity index (χ0n) is 10.1. The second-order valence-electron chi connectivity index (χ2n) is 4.18. The van der Waals surface area contributed by atoms with Gasteiger partial charge in [-0.05, 0) is 6.42 Å². The molecule has 0 aromatic carbocycles. The molecule has 0 aliphatic heterocycles. The second kappa shape index (κ2) is 8.54. The number of ketones is 1. The predicted molar refractivity (Wildman–Crippen MR) is 62.2 cm³/mol. The van der Waals surface area contributed by atoms with Crippen molar-refractivity contribution < 1.29 is 25.2 Å². The number of hydrogen-bond acceptors (Lipinski definition) is 6. The summed E-state index contributed by atoms with van der Waals surface area (Å²) < 4.78 is 0. The Bertz CT molecular complexity index is 224. The molecule has 0 bridgehead atoms. The van der Waals surface area contributed by atoms with Gasteiger partial charge in [0.2, 0.25) is 0 Å². The van der Waals surface area contributed by atoms with E-state index in [9.17, 15) is 15.0 Å². The van der Waals surface area contributed by atoms with Crippen LogP contribution >= 0.6 is 0 Å². The number of Topliss-reactive ketones (excluding diaryl/α,β-unsaturated/α-hetero) is 1. The first-order valence-corrected chi connectivity index (χ1v) is 5.89. The molecule has 0 aromatic heterocycles. The lowest BCUT2D eigenvalue weighted by atomic mass is 9.96. The monoisotopic (exact) mass is 249 g/mol. The van der Waals surface area contributed by atoms with E-state index in [0.717, 1.165) is 12.8 Å². The minimum Gasteiger partial charge on any atom is -0.394 e. The Balaban J connectivity index is 4.18. The number of carbonyl (C=O) groups excluding carboxylic acids is 1. The molecule has 0 fully saturated rings. The molecule has 102 valence electrons. The number of nitrogens with two attached hydrogens (primary N) is 1. The van der Waals surface area contributed by atoms with Crippen LogP contribution in [0.25, 0.3) is 0 Å². The number of hydrogen-bond donors (Lipinski definition) is 5. The Morgan fingerprint density at radius 2 is 1.76 bits per heavy atom. The minimum absolute atomic E-state index is 0.244. The van der Waals surface area contributed by atoms with E-state index in [2.05, 4.69) is 0 Å². The number of carbonyl (C=O) groups is 1. The minimum atomic E-state index is -1.62. The molecule has 0 heterocycles. The number of aliphatic hydroxyl groups excluding tert-OH is 4. The van der Waals surface area contributed by atoms with Gasteiger partial charge < -0.3 is 26.2 Å². The summed E-state index contributed by atoms with van der Waals surface area (Å²) >= 11 is 0. The molecule has 0 spiro atoms. The largest absolute Gasteiger partial charge is 0.394 e. The van der Waals surface area contributed by atoms with Gasteiger partial charge in [-0.2, -0.15) is 0 Å². The molecule has 4 atom stereocenters. The van der Waals surface area contributed by atoms with Gasteiger partial charge in [-0.1, -0.05) is 19.8 Å². The molecule has 6 heteroatoms. The van der Waals surface area contributed by atoms with E-state index in [1.807, 2.05) is 6.92 Å². The summed E-state index contributed by atoms with van der Waals surface area (Å²) in [6, 6.07) is -1.23. The highest BCUT2D eigenvalue weighted by molar-refractivity contribution is 5.84. The van der Waals surface area contributed by atoms with Gasteiger partial charge in [-0.15, -0.1) is 0 Å². The summed E-state index contributed by atoms with van der Waals surface area (Å²) in [5, 5.41) is 36.6. The van der Waals surface area contributed by atoms with Crippen LogP contribution in [-0.2, 0) is 4.79 Å². The quantitative estimate of drug-likeness (QED) is 0.318. The van der Waals surface area contributed by atoms with Crippen LogP contribution in [0.2, 0.25) is 0 Å². The lowest BCUT2D eigenvalue weighted by molar-refractivity contribution is -0.129. The molecule has 0 amide bonds. The first-order valence-electron chi connectivity index (χ1n) is 5.89. The molecule has 0 aliphatic carbocycles. The van der Waals surface area contributed by atoms with E-state index >= 15 is 0 Å². The average Bonchev–Trinajstić information content (AvgIpc) is 2.35. The summed E-state index contributed by atoms with van der Waals surface area (Å²) in [5.41, 5.74) is 5.48. The van der Waals surface area contributed by atoms with Crippen molar-refractivity contribution in [2.24, 2.45) is 5.73 Å². The maximum absolute atomic E-state index is 11.5. The highest BCUT2D eigenvalue weighted by atomic mass is 16.4. The van der Waals surface area contributed by atoms with Crippen molar-refractivity contribution in [3.63, 3.8) is 0 Å². The molecule has 0 aliphatic rings. The van der Waals surface area contributed by atoms with Gasteiger partial charge in [0.15, 0.2) is 5.78 Å². The zero-order chi connectivity index (χ0) is 13.4. The molecule has 0 saturated heterocycles. The normalized spacial score (nSPS) is 18.5. The van der Waals surface area contributed by atoms with E-state index < -0.39 is 31.0 Å². The van der Waals surface area contributed by atoms with Crippen molar-refractivity contribution >= 4 is 5.78 Å². The first-order chi connectivity index (χ1) is 7.95. The molecule has 6 nitrogen and oxygen atoms in total. The van der Waals surface area contributed by atoms with Gasteiger partial charge in [-0.25, -0.2) is 0 Å². The second-order valence-corrected chi connectivity index (χ2v) is 4.18. The van der Waals surface area contributed by atoms with Crippen LogP contribution in [0.4, 0.5) is 0 Å². The average molecular weight is 249 g/mol. The SMILES string of the molecule is CCCCCC(=O)[C@H](N)[C@@H](O)[C@H](O)[C@H](O)CO. The third kappa shape index (κ3) is 5.56. The fraction of sp³-hybridized carbons (Fsp3) is 0.909. The van der Waals surface area contributed by atoms with Crippen LogP contribution in [0.3, 0.4) is 0 Å². The van der Waals surface area contributed by atoms with Crippen LogP contribution < -0.4 is 5.73 Å². The number of rotatable bonds is 9. The highest BCUT2D eigenvalue weighted by Crippen LogP contribution is 2.08. The Hall–Kier alpha value is -0.530. The Kier molecular flexibility index (Phi) is 8.28. The topological polar surface area (TPSA) is 124 Å². The Labute approximate surface area is 101 Å². The Morgan fingerprint density at radius 3 is 2.24 bits per heavy atom. The van der Waals surface area contributed by atoms with E-state index in [0.29, 0.717) is 6.42 Å². The van der Waals surface area contributed by atoms with Crippen molar-refractivity contribution in [2.75, 3.05) is 6.61 Å². The summed E-state index contributed by atoms with van der Waals surface area (Å²) in [6.45, 7) is 1.30. The van der Waals surface area contributed by atoms with Gasteiger partial charge in [0, 0.05) is 6.42 Å². The molecule has 0 radical (unpaired) electrons. The molecule has 0 rings (SSSR count). The molecule has 0 unspecified atom stereocenters. The van der Waals surface area contributed by atoms with Gasteiger partial charge in [0.05, 0.1) is 12.6 Å². The maximum atomic E-state index is 11.5. The summed E-state index contributed by atoms with van der Waals surface area (Å²) in [5.74, 6) is -0.352. The van der Waals surface area contributed by atoms with Gasteiger partial charge in [-0.3, -0.25) is 4.79 Å². The lowest BCUT2D eigenvalue weighted by Crippen LogP contribution is -2.52. The molecular formula is C11H23NO5. The highest BCUT2D eigenvalue weighted by Gasteiger charge is 2.32. The van der Waals surface area contributed by atoms with E-state index in [-0.39, 0.29) is 12.2 Å². The van der Waals surface area contributed by atoms with Gasteiger partial charge in [0.25, 0.3) is 0 Å². The van der Waals surface area contributed by atoms with Crippen LogP contribution in [0.5, 0.6) is 0 Å². The van der Waals surface area contributed by atoms with Crippen molar-refractivity contribution in [1.82, 2.24) is 0 Å². The third-order valence-corrected chi connectivity index (χ3v) is 2.70. The fourth-order valence-electron chi connectivity index (χ4n) is 1.45. The Morgan fingerprint density at radius 1 is 1.18 bits per heavy atom. The summed E-state index contributed by atoms with van der Waals surface area (Å²) in [6.07, 6.45) is -1.88. The van der Waals surface area contributed by atoms with E-state index in [4.69, 9.17) is 15.9 Å². The van der Waals surface area contributed by atoms with Crippen LogP contribution in [0, 0.1) is 0 Å². The van der Waals surface area contributed by atoms with Gasteiger partial charge >= 0.3 is 0 Å². The van der Waals surface area contributed by atoms with Crippen molar-refractivity contribution in [1.29, 1.82) is 0 Å². The first kappa shape index (κ1) is 16.5. The van der Waals surface area contributed by atoms with E-state index in [1.54, 1.807) is 0 Å². The van der Waals surface area contributed by atoms with Crippen molar-refractivity contribution in [3.8, 4) is 0 Å². The van der Waals surface area contributed by atoms with Crippen LogP contribution in [0.15, 0.2) is 0 Å². The standard InChI is InChI=1S/C11H23NO5/c1-2-3-4-5-7(14)9(12)11(17)10(16)8(15)6-13/h8-11,13,15-17H,2-6,12H2,1H3/t8-,9+,10-,11-/m1/s1. The molecular weight excluding hydrogens is 226 g/mol. The third-order valence-electron chi connectivity index (χ3n) is 2.70. The molecule has 17 heavy (non-hydrogen) atoms. The van der Waals surface area contributed by atoms with Gasteiger partial charge in [0.1, 0.15) is 18.3 Å². The molecule has 0 aromatic rings. The number of aliphatic hydroxyl groups is 4. The summed E-state index contributed by atoms with van der Waals surface area (Å²) in [7, 11) is 0. The smallest absolute Gasteiger partial charge is 0.152 e. The molecule has 6 N–H and O–H groups in total. The van der Waals surface area contributed by atoms with Crippen molar-refractivity contribution in [2.45, 2.75) is 57.0 Å². The van der Waals surface area contributed by atoms with Crippen LogP contribution in [0.1, 0.15) is 32.6 Å². The van der Waals surface area contributed by atoms with E-state index in [1.165, 1.54) is 0 Å².